The Morgan fingerprint density at radius 3 is 2.45 bits per heavy atom. The third kappa shape index (κ3) is 6.92. The lowest BCUT2D eigenvalue weighted by molar-refractivity contribution is 0.00199. The lowest BCUT2D eigenvalue weighted by atomic mass is 9.93. The summed E-state index contributed by atoms with van der Waals surface area (Å²) in [6.45, 7) is 5.69. The average Bonchev–Trinajstić information content (AvgIpc) is 2.91. The van der Waals surface area contributed by atoms with E-state index in [1.807, 2.05) is 38.8 Å². The number of halogens is 1. The molecule has 1 aliphatic carbocycles. The Bertz CT molecular complexity index is 1440. The van der Waals surface area contributed by atoms with Gasteiger partial charge in [-0.15, -0.1) is 0 Å². The molecule has 1 aliphatic rings. The predicted molar refractivity (Wildman–Crippen MR) is 144 cm³/mol. The van der Waals surface area contributed by atoms with Crippen molar-refractivity contribution in [2.45, 2.75) is 64.5 Å². The van der Waals surface area contributed by atoms with Gasteiger partial charge in [-0.1, -0.05) is 24.4 Å². The first-order valence-corrected chi connectivity index (χ1v) is 12.5. The number of aryl methyl sites for hydroxylation is 1. The van der Waals surface area contributed by atoms with E-state index in [2.05, 4.69) is 21.2 Å². The predicted octanol–water partition coefficient (Wildman–Crippen LogP) is 4.82. The molecule has 198 valence electrons. The molecular weight excluding hydrogens is 485 g/mol. The van der Waals surface area contributed by atoms with Crippen molar-refractivity contribution in [2.75, 3.05) is 11.9 Å². The summed E-state index contributed by atoms with van der Waals surface area (Å²) in [6.07, 6.45) is 8.49. The van der Waals surface area contributed by atoms with E-state index in [4.69, 9.17) is 10.1 Å². The van der Waals surface area contributed by atoms with Crippen LogP contribution >= 0.6 is 0 Å². The highest BCUT2D eigenvalue weighted by molar-refractivity contribution is 5.92. The van der Waals surface area contributed by atoms with E-state index in [-0.39, 0.29) is 28.5 Å². The molecule has 0 amide bonds. The van der Waals surface area contributed by atoms with Crippen molar-refractivity contribution in [1.29, 1.82) is 10.5 Å². The third-order valence-corrected chi connectivity index (χ3v) is 6.19. The largest absolute Gasteiger partial charge is 0.390 e. The highest BCUT2D eigenvalue weighted by atomic mass is 19.1. The van der Waals surface area contributed by atoms with Gasteiger partial charge in [-0.25, -0.2) is 9.97 Å². The van der Waals surface area contributed by atoms with Gasteiger partial charge in [0.1, 0.15) is 34.5 Å². The number of fused-ring (bicyclic) bond motifs is 1. The van der Waals surface area contributed by atoms with Gasteiger partial charge < -0.3 is 14.3 Å². The fourth-order valence-electron chi connectivity index (χ4n) is 4.26. The highest BCUT2D eigenvalue weighted by Crippen LogP contribution is 2.32. The van der Waals surface area contributed by atoms with Gasteiger partial charge in [0, 0.05) is 31.9 Å². The number of hydrogen-bond donors (Lipinski definition) is 0. The van der Waals surface area contributed by atoms with Crippen molar-refractivity contribution in [3.8, 4) is 12.1 Å². The van der Waals surface area contributed by atoms with Crippen LogP contribution < -0.4 is 10.5 Å². The first-order chi connectivity index (χ1) is 18.1. The molecule has 0 aromatic carbocycles. The number of pyridine rings is 3. The number of rotatable bonds is 4. The van der Waals surface area contributed by atoms with Crippen LogP contribution in [-0.2, 0) is 11.9 Å². The van der Waals surface area contributed by atoms with E-state index in [0.29, 0.717) is 22.3 Å². The quantitative estimate of drug-likeness (QED) is 0.276. The molecular formula is C28H32FN7O2. The van der Waals surface area contributed by atoms with Gasteiger partial charge in [-0.05, 0) is 57.9 Å². The Morgan fingerprint density at radius 1 is 1.16 bits per heavy atom. The summed E-state index contributed by atoms with van der Waals surface area (Å²) in [6, 6.07) is 10.6. The van der Waals surface area contributed by atoms with Gasteiger partial charge in [0.05, 0.1) is 17.4 Å². The molecule has 1 saturated carbocycles. The number of nitriles is 2. The Hall–Kier alpha value is -4.31. The Morgan fingerprint density at radius 2 is 1.87 bits per heavy atom. The molecule has 38 heavy (non-hydrogen) atoms. The van der Waals surface area contributed by atoms with Gasteiger partial charge in [0.25, 0.3) is 5.56 Å². The maximum Gasteiger partial charge on any atom is 0.270 e. The van der Waals surface area contributed by atoms with E-state index in [9.17, 15) is 14.4 Å². The van der Waals surface area contributed by atoms with Crippen LogP contribution in [0.4, 0.5) is 10.1 Å². The molecule has 4 rings (SSSR count). The second-order valence-electron chi connectivity index (χ2n) is 10.1. The Balaban J connectivity index is 0.000000244. The number of anilines is 1. The third-order valence-electron chi connectivity index (χ3n) is 6.19. The standard InChI is InChI=1S/C18H19N5O.C10H13FN2O/c1-22(13-6-4-3-5-7-13)17-14(11-20)18(24)23(2)15-9-8-12(10-19)21-16(15)17;1-10(2,3)14-13-7-8-4-5-9(11)12-6-8/h8-9,13H,3-7H2,1-2H3;4-7H,1-3H3/b;13-7+. The van der Waals surface area contributed by atoms with Crippen LogP contribution in [-0.4, -0.2) is 39.4 Å². The summed E-state index contributed by atoms with van der Waals surface area (Å²) in [5.74, 6) is -0.501. The second kappa shape index (κ2) is 12.3. The molecule has 0 aliphatic heterocycles. The average molecular weight is 518 g/mol. The lowest BCUT2D eigenvalue weighted by Crippen LogP contribution is -2.36. The molecule has 0 bridgehead atoms. The molecule has 9 nitrogen and oxygen atoms in total. The maximum atomic E-state index is 12.6. The number of hydrogen-bond acceptors (Lipinski definition) is 8. The molecule has 0 atom stereocenters. The molecule has 3 heterocycles. The molecule has 1 fully saturated rings. The normalized spacial score (nSPS) is 13.9. The van der Waals surface area contributed by atoms with Gasteiger partial charge in [0.2, 0.25) is 5.95 Å². The monoisotopic (exact) mass is 517 g/mol. The maximum absolute atomic E-state index is 12.6. The number of oxime groups is 1. The van der Waals surface area contributed by atoms with Crippen LogP contribution in [0.25, 0.3) is 11.0 Å². The molecule has 3 aromatic rings. The van der Waals surface area contributed by atoms with Gasteiger partial charge in [-0.3, -0.25) is 4.79 Å². The fraction of sp³-hybridized carbons (Fsp3) is 0.429. The van der Waals surface area contributed by atoms with E-state index in [1.165, 1.54) is 29.5 Å². The van der Waals surface area contributed by atoms with Crippen molar-refractivity contribution < 1.29 is 9.23 Å². The topological polar surface area (TPSA) is 120 Å². The van der Waals surface area contributed by atoms with E-state index < -0.39 is 5.95 Å². The van der Waals surface area contributed by atoms with Crippen LogP contribution in [0, 0.1) is 28.6 Å². The number of nitrogens with zero attached hydrogens (tertiary/aromatic N) is 7. The van der Waals surface area contributed by atoms with Crippen LogP contribution in [0.3, 0.4) is 0 Å². The minimum absolute atomic E-state index is 0.0978. The Labute approximate surface area is 221 Å². The minimum Gasteiger partial charge on any atom is -0.390 e. The van der Waals surface area contributed by atoms with Crippen molar-refractivity contribution in [3.63, 3.8) is 0 Å². The summed E-state index contributed by atoms with van der Waals surface area (Å²) >= 11 is 0. The number of aromatic nitrogens is 3. The fourth-order valence-corrected chi connectivity index (χ4v) is 4.26. The molecule has 0 unspecified atom stereocenters. The minimum atomic E-state index is -0.501. The summed E-state index contributed by atoms with van der Waals surface area (Å²) in [5.41, 5.74) is 2.18. The summed E-state index contributed by atoms with van der Waals surface area (Å²) < 4.78 is 13.8. The summed E-state index contributed by atoms with van der Waals surface area (Å²) in [4.78, 5) is 27.6. The summed E-state index contributed by atoms with van der Waals surface area (Å²) in [7, 11) is 3.55. The first-order valence-electron chi connectivity index (χ1n) is 12.5. The van der Waals surface area contributed by atoms with Crippen LogP contribution in [0.1, 0.15) is 69.7 Å². The highest BCUT2D eigenvalue weighted by Gasteiger charge is 2.25. The zero-order valence-electron chi connectivity index (χ0n) is 22.4. The Kier molecular flexibility index (Phi) is 9.14. The SMILES string of the molecule is CC(C)(C)O/N=C/c1ccc(F)nc1.CN(c1c(C#N)c(=O)n(C)c2ccc(C#N)nc12)C1CCCCC1. The van der Waals surface area contributed by atoms with Gasteiger partial charge >= 0.3 is 0 Å². The van der Waals surface area contributed by atoms with Crippen LogP contribution in [0.15, 0.2) is 40.4 Å². The molecule has 10 heteroatoms. The zero-order valence-corrected chi connectivity index (χ0v) is 22.4. The van der Waals surface area contributed by atoms with Gasteiger partial charge in [-0.2, -0.15) is 14.9 Å². The molecule has 0 N–H and O–H groups in total. The van der Waals surface area contributed by atoms with Crippen LogP contribution in [0.2, 0.25) is 0 Å². The lowest BCUT2D eigenvalue weighted by Gasteiger charge is -2.33. The van der Waals surface area contributed by atoms with Crippen molar-refractivity contribution in [3.05, 3.63) is 63.6 Å². The smallest absolute Gasteiger partial charge is 0.270 e. The van der Waals surface area contributed by atoms with Crippen molar-refractivity contribution in [1.82, 2.24) is 14.5 Å². The molecule has 0 radical (unpaired) electrons. The van der Waals surface area contributed by atoms with Gasteiger partial charge in [0.15, 0.2) is 0 Å². The second-order valence-corrected chi connectivity index (χ2v) is 10.1. The zero-order chi connectivity index (χ0) is 27.9. The molecule has 3 aromatic heterocycles. The first kappa shape index (κ1) is 28.3. The van der Waals surface area contributed by atoms with Crippen LogP contribution in [0.5, 0.6) is 0 Å². The van der Waals surface area contributed by atoms with Crippen molar-refractivity contribution >= 4 is 22.9 Å². The molecule has 0 saturated heterocycles. The molecule has 0 spiro atoms. The van der Waals surface area contributed by atoms with E-state index in [0.717, 1.165) is 25.7 Å². The van der Waals surface area contributed by atoms with E-state index in [1.54, 1.807) is 25.2 Å². The van der Waals surface area contributed by atoms with E-state index >= 15 is 0 Å². The van der Waals surface area contributed by atoms with Crippen molar-refractivity contribution in [2.24, 2.45) is 12.2 Å². The summed E-state index contributed by atoms with van der Waals surface area (Å²) in [5, 5.41) is 22.5.